The van der Waals surface area contributed by atoms with Crippen molar-refractivity contribution in [1.29, 1.82) is 0 Å². The summed E-state index contributed by atoms with van der Waals surface area (Å²) in [6.45, 7) is 13.0. The highest BCUT2D eigenvalue weighted by molar-refractivity contribution is 6.39. The van der Waals surface area contributed by atoms with Crippen LogP contribution in [0, 0.1) is 5.41 Å². The number of hydrogen-bond acceptors (Lipinski definition) is 9. The van der Waals surface area contributed by atoms with Crippen molar-refractivity contribution in [1.82, 2.24) is 24.7 Å². The molecule has 296 valence electrons. The molecule has 0 atom stereocenters. The maximum atomic E-state index is 13.4. The Bertz CT molecular complexity index is 2100. The summed E-state index contributed by atoms with van der Waals surface area (Å²) in [6, 6.07) is 17.5. The Morgan fingerprint density at radius 1 is 0.911 bits per heavy atom. The first kappa shape index (κ1) is 39.8. The molecule has 0 bridgehead atoms. The molecule has 7 rings (SSSR count). The Balaban J connectivity index is 1.11. The van der Waals surface area contributed by atoms with Gasteiger partial charge in [0.1, 0.15) is 11.4 Å². The molecule has 0 saturated carbocycles. The molecule has 13 heteroatoms. The highest BCUT2D eigenvalue weighted by Gasteiger charge is 2.52. The molecule has 56 heavy (non-hydrogen) atoms. The van der Waals surface area contributed by atoms with Crippen LogP contribution in [-0.2, 0) is 27.4 Å². The molecule has 3 aliphatic rings. The summed E-state index contributed by atoms with van der Waals surface area (Å²) >= 11 is 14.3. The lowest BCUT2D eigenvalue weighted by Crippen LogP contribution is -2.72. The molecule has 0 unspecified atom stereocenters. The van der Waals surface area contributed by atoms with Crippen LogP contribution in [-0.4, -0.2) is 102 Å². The van der Waals surface area contributed by atoms with Crippen LogP contribution in [0.3, 0.4) is 0 Å². The maximum Gasteiger partial charge on any atom is 0.410 e. The molecule has 5 heterocycles. The molecule has 3 fully saturated rings. The lowest BCUT2D eigenvalue weighted by atomic mass is 9.72. The molecule has 1 spiro atoms. The van der Waals surface area contributed by atoms with Crippen LogP contribution in [0.15, 0.2) is 60.8 Å². The predicted molar refractivity (Wildman–Crippen MR) is 217 cm³/mol. The van der Waals surface area contributed by atoms with Gasteiger partial charge in [0.2, 0.25) is 11.8 Å². The summed E-state index contributed by atoms with van der Waals surface area (Å²) in [5.41, 5.74) is 5.62. The molecule has 4 aromatic rings. The van der Waals surface area contributed by atoms with E-state index in [1.54, 1.807) is 32.2 Å². The van der Waals surface area contributed by atoms with E-state index in [1.165, 1.54) is 0 Å². The fourth-order valence-electron chi connectivity index (χ4n) is 8.01. The predicted octanol–water partition coefficient (Wildman–Crippen LogP) is 8.38. The zero-order chi connectivity index (χ0) is 39.8. The van der Waals surface area contributed by atoms with E-state index in [1.807, 2.05) is 74.2 Å². The fourth-order valence-corrected chi connectivity index (χ4v) is 8.66. The lowest BCUT2D eigenvalue weighted by Gasteiger charge is -2.60. The molecule has 0 N–H and O–H groups in total. The van der Waals surface area contributed by atoms with E-state index in [-0.39, 0.29) is 30.0 Å². The molecule has 2 amide bonds. The average molecular weight is 803 g/mol. The smallest absolute Gasteiger partial charge is 0.410 e. The van der Waals surface area contributed by atoms with Gasteiger partial charge in [-0.05, 0) is 57.9 Å². The van der Waals surface area contributed by atoms with E-state index in [0.717, 1.165) is 79.1 Å². The number of benzene rings is 2. The Kier molecular flexibility index (Phi) is 11.5. The minimum atomic E-state index is -0.638. The number of ether oxygens (including phenoxy) is 4. The Morgan fingerprint density at radius 3 is 2.29 bits per heavy atom. The topological polar surface area (TPSA) is 107 Å². The van der Waals surface area contributed by atoms with E-state index in [9.17, 15) is 9.59 Å². The largest absolute Gasteiger partial charge is 0.496 e. The van der Waals surface area contributed by atoms with Gasteiger partial charge in [-0.1, -0.05) is 53.5 Å². The molecular weight excluding hydrogens is 753 g/mol. The van der Waals surface area contributed by atoms with Crippen LogP contribution in [0.2, 0.25) is 10.0 Å². The Morgan fingerprint density at radius 2 is 1.61 bits per heavy atom. The van der Waals surface area contributed by atoms with Gasteiger partial charge in [-0.2, -0.15) is 0 Å². The molecule has 11 nitrogen and oxygen atoms in total. The number of amides is 2. The van der Waals surface area contributed by atoms with Crippen LogP contribution < -0.4 is 9.47 Å². The molecule has 3 aliphatic heterocycles. The van der Waals surface area contributed by atoms with Gasteiger partial charge < -0.3 is 28.7 Å². The second kappa shape index (κ2) is 16.2. The summed E-state index contributed by atoms with van der Waals surface area (Å²) in [6.07, 6.45) is 2.78. The van der Waals surface area contributed by atoms with Crippen molar-refractivity contribution in [2.45, 2.75) is 65.3 Å². The molecular formula is C43H49Cl2N5O6. The number of nitrogens with zero attached hydrogens (tertiary/aromatic N) is 5. The van der Waals surface area contributed by atoms with Crippen molar-refractivity contribution >= 4 is 35.2 Å². The number of rotatable bonds is 10. The quantitative estimate of drug-likeness (QED) is 0.156. The normalized spacial score (nSPS) is 16.9. The molecule has 0 aliphatic carbocycles. The number of pyridine rings is 2. The maximum absolute atomic E-state index is 13.4. The highest BCUT2D eigenvalue weighted by atomic mass is 35.5. The van der Waals surface area contributed by atoms with E-state index < -0.39 is 5.60 Å². The molecule has 0 radical (unpaired) electrons. The van der Waals surface area contributed by atoms with Gasteiger partial charge in [0, 0.05) is 104 Å². The van der Waals surface area contributed by atoms with Crippen LogP contribution in [0.1, 0.15) is 51.7 Å². The van der Waals surface area contributed by atoms with E-state index in [4.69, 9.17) is 47.1 Å². The van der Waals surface area contributed by atoms with Gasteiger partial charge >= 0.3 is 6.09 Å². The third-order valence-corrected chi connectivity index (χ3v) is 11.5. The summed E-state index contributed by atoms with van der Waals surface area (Å²) in [7, 11) is 3.24. The van der Waals surface area contributed by atoms with Crippen molar-refractivity contribution in [3.63, 3.8) is 0 Å². The van der Waals surface area contributed by atoms with Crippen LogP contribution in [0.25, 0.3) is 33.6 Å². The summed E-state index contributed by atoms with van der Waals surface area (Å²) in [5.74, 6) is 1.30. The first-order valence-corrected chi connectivity index (χ1v) is 19.7. The van der Waals surface area contributed by atoms with Gasteiger partial charge in [-0.15, -0.1) is 0 Å². The number of halogens is 2. The Hall–Kier alpha value is -4.42. The number of likely N-dealkylation sites (tertiary alicyclic amines) is 2. The summed E-state index contributed by atoms with van der Waals surface area (Å²) in [4.78, 5) is 40.7. The molecule has 2 aromatic heterocycles. The number of aromatic nitrogens is 2. The third-order valence-electron chi connectivity index (χ3n) is 10.8. The van der Waals surface area contributed by atoms with Gasteiger partial charge in [0.25, 0.3) is 0 Å². The zero-order valence-electron chi connectivity index (χ0n) is 32.9. The van der Waals surface area contributed by atoms with E-state index >= 15 is 0 Å². The number of carbonyl (C=O) groups is 2. The first-order valence-electron chi connectivity index (χ1n) is 19.0. The number of carbonyl (C=O) groups excluding carboxylic acids is 2. The van der Waals surface area contributed by atoms with Gasteiger partial charge in [-0.3, -0.25) is 14.7 Å². The third kappa shape index (κ3) is 8.32. The van der Waals surface area contributed by atoms with Crippen molar-refractivity contribution in [2.24, 2.45) is 5.41 Å². The molecule has 3 saturated heterocycles. The second-order valence-electron chi connectivity index (χ2n) is 16.1. The second-order valence-corrected chi connectivity index (χ2v) is 16.8. The number of hydrogen-bond donors (Lipinski definition) is 0. The average Bonchev–Trinajstić information content (AvgIpc) is 3.14. The van der Waals surface area contributed by atoms with Gasteiger partial charge in [0.05, 0.1) is 42.2 Å². The Labute approximate surface area is 338 Å². The van der Waals surface area contributed by atoms with Crippen LogP contribution >= 0.6 is 23.2 Å². The SMILES string of the molecule is COc1cc(-c2nccc(-c3cccc(-c4ccc(CN(C(=O)OC(C)(C)C)C5CCOCC5)c(OC)n4)c3Cl)c2Cl)ccc1CN1CC2(C1)CN(C(C)=O)C2. The lowest BCUT2D eigenvalue weighted by molar-refractivity contribution is -0.157. The fraction of sp³-hybridized carbons (Fsp3) is 0.442. The van der Waals surface area contributed by atoms with Crippen molar-refractivity contribution in [2.75, 3.05) is 53.6 Å². The zero-order valence-corrected chi connectivity index (χ0v) is 34.4. The van der Waals surface area contributed by atoms with Crippen molar-refractivity contribution < 1.29 is 28.5 Å². The van der Waals surface area contributed by atoms with E-state index in [0.29, 0.717) is 46.1 Å². The molecule has 2 aromatic carbocycles. The minimum Gasteiger partial charge on any atom is -0.496 e. The van der Waals surface area contributed by atoms with Crippen molar-refractivity contribution in [3.05, 3.63) is 82.0 Å². The van der Waals surface area contributed by atoms with Crippen LogP contribution in [0.5, 0.6) is 11.6 Å². The standard InChI is InChI=1S/C43H49Cl2N5O6/c1-27(51)49-25-43(26-49)23-48(24-43)21-29-11-10-28(20-36(29)53-5)39-38(45)33(14-17-46-39)32-8-7-9-34(37(32)44)35-13-12-30(40(47-35)54-6)22-50(31-15-18-55-19-16-31)41(52)56-42(2,3)4/h7-14,17,20,31H,15-16,18-19,21-26H2,1-6H3. The van der Waals surface area contributed by atoms with Crippen LogP contribution in [0.4, 0.5) is 4.79 Å². The minimum absolute atomic E-state index is 0.0320. The number of methoxy groups -OCH3 is 2. The van der Waals surface area contributed by atoms with E-state index in [2.05, 4.69) is 16.0 Å². The first-order chi connectivity index (χ1) is 26.8. The highest BCUT2D eigenvalue weighted by Crippen LogP contribution is 2.44. The monoisotopic (exact) mass is 801 g/mol. The summed E-state index contributed by atoms with van der Waals surface area (Å²) in [5, 5.41) is 0.937. The van der Waals surface area contributed by atoms with Crippen molar-refractivity contribution in [3.8, 4) is 45.3 Å². The van der Waals surface area contributed by atoms with Gasteiger partial charge in [0.15, 0.2) is 0 Å². The van der Waals surface area contributed by atoms with Gasteiger partial charge in [-0.25, -0.2) is 9.78 Å². The summed E-state index contributed by atoms with van der Waals surface area (Å²) < 4.78 is 23.0.